The van der Waals surface area contributed by atoms with Gasteiger partial charge < -0.3 is 14.6 Å². The number of nitrogens with one attached hydrogen (secondary N) is 1. The molecule has 0 saturated carbocycles. The standard InChI is InChI=1S/C22H25N3O2/c1-4-20(27-21-11-7-8-16(2)17(21)3)22(26)24-14-18-9-5-6-10-19(18)25-13-12-23-15-25/h5-13,15,20H,4,14H2,1-3H3,(H,24,26)/t20-/m1/s1. The van der Waals surface area contributed by atoms with Crippen molar-refractivity contribution in [3.05, 3.63) is 77.9 Å². The summed E-state index contributed by atoms with van der Waals surface area (Å²) in [7, 11) is 0. The van der Waals surface area contributed by atoms with Gasteiger partial charge in [-0.25, -0.2) is 4.98 Å². The highest BCUT2D eigenvalue weighted by Crippen LogP contribution is 2.22. The zero-order valence-corrected chi connectivity index (χ0v) is 16.0. The van der Waals surface area contributed by atoms with Gasteiger partial charge in [0.25, 0.3) is 5.91 Å². The summed E-state index contributed by atoms with van der Waals surface area (Å²) in [5.74, 6) is 0.648. The highest BCUT2D eigenvalue weighted by Gasteiger charge is 2.19. The van der Waals surface area contributed by atoms with Gasteiger partial charge in [-0.2, -0.15) is 0 Å². The molecule has 1 amide bonds. The summed E-state index contributed by atoms with van der Waals surface area (Å²) in [5.41, 5.74) is 4.23. The van der Waals surface area contributed by atoms with E-state index in [2.05, 4.69) is 10.3 Å². The molecule has 1 N–H and O–H groups in total. The fourth-order valence-electron chi connectivity index (χ4n) is 2.94. The third-order valence-corrected chi connectivity index (χ3v) is 4.71. The summed E-state index contributed by atoms with van der Waals surface area (Å²) in [4.78, 5) is 16.8. The topological polar surface area (TPSA) is 56.1 Å². The first kappa shape index (κ1) is 18.7. The van der Waals surface area contributed by atoms with Gasteiger partial charge in [0.2, 0.25) is 0 Å². The second-order valence-electron chi connectivity index (χ2n) is 6.53. The Morgan fingerprint density at radius 1 is 1.19 bits per heavy atom. The van der Waals surface area contributed by atoms with E-state index < -0.39 is 6.10 Å². The van der Waals surface area contributed by atoms with E-state index in [4.69, 9.17) is 4.74 Å². The fourth-order valence-corrected chi connectivity index (χ4v) is 2.94. The van der Waals surface area contributed by atoms with E-state index in [0.29, 0.717) is 13.0 Å². The number of para-hydroxylation sites is 1. The molecule has 0 unspecified atom stereocenters. The molecule has 3 rings (SSSR count). The number of hydrogen-bond acceptors (Lipinski definition) is 3. The van der Waals surface area contributed by atoms with E-state index in [-0.39, 0.29) is 5.91 Å². The van der Waals surface area contributed by atoms with Crippen LogP contribution in [0.5, 0.6) is 5.75 Å². The molecular weight excluding hydrogens is 338 g/mol. The van der Waals surface area contributed by atoms with Crippen LogP contribution in [-0.2, 0) is 11.3 Å². The highest BCUT2D eigenvalue weighted by atomic mass is 16.5. The number of imidazole rings is 1. The van der Waals surface area contributed by atoms with Gasteiger partial charge in [0, 0.05) is 18.9 Å². The molecule has 0 spiro atoms. The Hall–Kier alpha value is -3.08. The molecule has 0 saturated heterocycles. The molecule has 0 aliphatic carbocycles. The summed E-state index contributed by atoms with van der Waals surface area (Å²) in [6.45, 7) is 6.43. The number of nitrogens with zero attached hydrogens (tertiary/aromatic N) is 2. The van der Waals surface area contributed by atoms with Crippen LogP contribution in [-0.4, -0.2) is 21.6 Å². The number of aryl methyl sites for hydroxylation is 1. The molecule has 0 radical (unpaired) electrons. The average molecular weight is 363 g/mol. The minimum atomic E-state index is -0.522. The van der Waals surface area contributed by atoms with E-state index in [1.165, 1.54) is 0 Å². The SMILES string of the molecule is CC[C@@H](Oc1cccc(C)c1C)C(=O)NCc1ccccc1-n1ccnc1. The molecule has 0 bridgehead atoms. The van der Waals surface area contributed by atoms with Crippen LogP contribution in [0, 0.1) is 13.8 Å². The monoisotopic (exact) mass is 363 g/mol. The number of aromatic nitrogens is 2. The van der Waals surface area contributed by atoms with Gasteiger partial charge in [0.1, 0.15) is 5.75 Å². The quantitative estimate of drug-likeness (QED) is 0.691. The van der Waals surface area contributed by atoms with Crippen molar-refractivity contribution in [2.45, 2.75) is 39.8 Å². The zero-order chi connectivity index (χ0) is 19.2. The molecule has 0 aliphatic rings. The number of amides is 1. The molecular formula is C22H25N3O2. The van der Waals surface area contributed by atoms with E-state index in [0.717, 1.165) is 28.1 Å². The van der Waals surface area contributed by atoms with Gasteiger partial charge >= 0.3 is 0 Å². The largest absolute Gasteiger partial charge is 0.480 e. The first-order chi connectivity index (χ1) is 13.1. The Labute approximate surface area is 160 Å². The van der Waals surface area contributed by atoms with Crippen molar-refractivity contribution in [2.75, 3.05) is 0 Å². The second-order valence-corrected chi connectivity index (χ2v) is 6.53. The summed E-state index contributed by atoms with van der Waals surface area (Å²) < 4.78 is 7.94. The van der Waals surface area contributed by atoms with Gasteiger partial charge in [-0.15, -0.1) is 0 Å². The molecule has 5 heteroatoms. The van der Waals surface area contributed by atoms with Gasteiger partial charge in [-0.1, -0.05) is 37.3 Å². The molecule has 3 aromatic rings. The molecule has 5 nitrogen and oxygen atoms in total. The first-order valence-corrected chi connectivity index (χ1v) is 9.17. The molecule has 1 atom stereocenters. The number of rotatable bonds is 7. The summed E-state index contributed by atoms with van der Waals surface area (Å²) in [5, 5.41) is 3.01. The summed E-state index contributed by atoms with van der Waals surface area (Å²) >= 11 is 0. The number of carbonyl (C=O) groups excluding carboxylic acids is 1. The molecule has 2 aromatic carbocycles. The average Bonchev–Trinajstić information content (AvgIpc) is 3.22. The minimum Gasteiger partial charge on any atom is -0.480 e. The third kappa shape index (κ3) is 4.37. The van der Waals surface area contributed by atoms with Gasteiger partial charge in [0.15, 0.2) is 6.10 Å². The second kappa shape index (κ2) is 8.54. The lowest BCUT2D eigenvalue weighted by Crippen LogP contribution is -2.37. The van der Waals surface area contributed by atoms with Crippen molar-refractivity contribution in [3.63, 3.8) is 0 Å². The zero-order valence-electron chi connectivity index (χ0n) is 16.0. The van der Waals surface area contributed by atoms with E-state index in [9.17, 15) is 4.79 Å². The lowest BCUT2D eigenvalue weighted by atomic mass is 10.1. The van der Waals surface area contributed by atoms with Crippen molar-refractivity contribution >= 4 is 5.91 Å². The molecule has 0 aliphatic heterocycles. The van der Waals surface area contributed by atoms with Crippen LogP contribution in [0.15, 0.2) is 61.2 Å². The van der Waals surface area contributed by atoms with Gasteiger partial charge in [-0.05, 0) is 49.1 Å². The molecule has 1 aromatic heterocycles. The van der Waals surface area contributed by atoms with Crippen molar-refractivity contribution in [2.24, 2.45) is 0 Å². The van der Waals surface area contributed by atoms with Crippen LogP contribution in [0.3, 0.4) is 0 Å². The van der Waals surface area contributed by atoms with E-state index in [1.54, 1.807) is 12.5 Å². The lowest BCUT2D eigenvalue weighted by molar-refractivity contribution is -0.128. The minimum absolute atomic E-state index is 0.112. The Balaban J connectivity index is 1.69. The van der Waals surface area contributed by atoms with Crippen molar-refractivity contribution < 1.29 is 9.53 Å². The molecule has 27 heavy (non-hydrogen) atoms. The summed E-state index contributed by atoms with van der Waals surface area (Å²) in [6.07, 6.45) is 5.45. The van der Waals surface area contributed by atoms with Crippen molar-refractivity contribution in [1.29, 1.82) is 0 Å². The lowest BCUT2D eigenvalue weighted by Gasteiger charge is -2.20. The van der Waals surface area contributed by atoms with Crippen LogP contribution in [0.25, 0.3) is 5.69 Å². The Morgan fingerprint density at radius 3 is 2.74 bits per heavy atom. The first-order valence-electron chi connectivity index (χ1n) is 9.17. The van der Waals surface area contributed by atoms with Gasteiger partial charge in [0.05, 0.1) is 12.0 Å². The van der Waals surface area contributed by atoms with Crippen LogP contribution in [0.1, 0.15) is 30.0 Å². The molecule has 140 valence electrons. The van der Waals surface area contributed by atoms with E-state index in [1.807, 2.05) is 74.0 Å². The maximum atomic E-state index is 12.7. The summed E-state index contributed by atoms with van der Waals surface area (Å²) in [6, 6.07) is 13.8. The number of carbonyl (C=O) groups is 1. The van der Waals surface area contributed by atoms with Gasteiger partial charge in [-0.3, -0.25) is 4.79 Å². The fraction of sp³-hybridized carbons (Fsp3) is 0.273. The number of ether oxygens (including phenoxy) is 1. The molecule has 1 heterocycles. The maximum absolute atomic E-state index is 12.7. The smallest absolute Gasteiger partial charge is 0.261 e. The van der Waals surface area contributed by atoms with Crippen LogP contribution in [0.2, 0.25) is 0 Å². The van der Waals surface area contributed by atoms with Crippen molar-refractivity contribution in [1.82, 2.24) is 14.9 Å². The van der Waals surface area contributed by atoms with E-state index >= 15 is 0 Å². The third-order valence-electron chi connectivity index (χ3n) is 4.71. The van der Waals surface area contributed by atoms with Crippen molar-refractivity contribution in [3.8, 4) is 11.4 Å². The number of hydrogen-bond donors (Lipinski definition) is 1. The number of benzene rings is 2. The van der Waals surface area contributed by atoms with Crippen LogP contribution in [0.4, 0.5) is 0 Å². The molecule has 0 fully saturated rings. The maximum Gasteiger partial charge on any atom is 0.261 e. The Bertz CT molecular complexity index is 904. The van der Waals surface area contributed by atoms with Crippen LogP contribution >= 0.6 is 0 Å². The highest BCUT2D eigenvalue weighted by molar-refractivity contribution is 5.81. The Morgan fingerprint density at radius 2 is 2.00 bits per heavy atom. The predicted octanol–water partition coefficient (Wildman–Crippen LogP) is 3.96. The normalized spacial score (nSPS) is 11.8. The Kier molecular flexibility index (Phi) is 5.91. The predicted molar refractivity (Wildman–Crippen MR) is 106 cm³/mol. The van der Waals surface area contributed by atoms with Crippen LogP contribution < -0.4 is 10.1 Å².